The molecule has 1 aromatic carbocycles. The summed E-state index contributed by atoms with van der Waals surface area (Å²) < 4.78 is 16.2. The van der Waals surface area contributed by atoms with E-state index in [0.29, 0.717) is 24.9 Å². The number of ether oxygens (including phenoxy) is 2. The number of hydrogen-bond acceptors (Lipinski definition) is 4. The molecule has 0 aliphatic heterocycles. The number of anilines is 1. The van der Waals surface area contributed by atoms with Crippen LogP contribution in [0.3, 0.4) is 0 Å². The lowest BCUT2D eigenvalue weighted by Crippen LogP contribution is -2.30. The minimum absolute atomic E-state index is 0. The number of benzene rings is 1. The number of methoxy groups -OCH3 is 1. The van der Waals surface area contributed by atoms with Crippen molar-refractivity contribution >= 4 is 35.6 Å². The largest absolute Gasteiger partial charge is 0.493 e. The van der Waals surface area contributed by atoms with Crippen LogP contribution in [0.25, 0.3) is 0 Å². The maximum Gasteiger partial charge on any atom is 0.196 e. The lowest BCUT2D eigenvalue weighted by Gasteiger charge is -2.14. The fraction of sp³-hybridized carbons (Fsp3) is 0.353. The van der Waals surface area contributed by atoms with Gasteiger partial charge >= 0.3 is 0 Å². The van der Waals surface area contributed by atoms with Gasteiger partial charge in [-0.05, 0) is 38.1 Å². The fourth-order valence-corrected chi connectivity index (χ4v) is 2.02. The van der Waals surface area contributed by atoms with Crippen molar-refractivity contribution in [1.82, 2.24) is 5.32 Å². The highest BCUT2D eigenvalue weighted by atomic mass is 127. The third-order valence-electron chi connectivity index (χ3n) is 3.04. The van der Waals surface area contributed by atoms with Crippen LogP contribution in [-0.4, -0.2) is 26.2 Å². The predicted octanol–water partition coefficient (Wildman–Crippen LogP) is 3.88. The molecule has 0 aliphatic rings. The Bertz CT molecular complexity index is 630. The molecule has 0 saturated heterocycles. The van der Waals surface area contributed by atoms with E-state index in [0.717, 1.165) is 23.7 Å². The summed E-state index contributed by atoms with van der Waals surface area (Å²) in [6.07, 6.45) is 1.64. The van der Waals surface area contributed by atoms with Gasteiger partial charge in [-0.15, -0.1) is 24.0 Å². The van der Waals surface area contributed by atoms with E-state index in [4.69, 9.17) is 13.9 Å². The summed E-state index contributed by atoms with van der Waals surface area (Å²) in [5.41, 5.74) is 0.865. The molecule has 132 valence electrons. The van der Waals surface area contributed by atoms with Crippen molar-refractivity contribution in [2.75, 3.05) is 25.6 Å². The van der Waals surface area contributed by atoms with Gasteiger partial charge in [0.2, 0.25) is 0 Å². The average Bonchev–Trinajstić information content (AvgIpc) is 3.08. The molecular formula is C17H24IN3O3. The monoisotopic (exact) mass is 445 g/mol. The van der Waals surface area contributed by atoms with Crippen molar-refractivity contribution in [3.8, 4) is 11.5 Å². The van der Waals surface area contributed by atoms with E-state index in [1.807, 2.05) is 44.2 Å². The molecule has 2 rings (SSSR count). The summed E-state index contributed by atoms with van der Waals surface area (Å²) in [4.78, 5) is 4.49. The highest BCUT2D eigenvalue weighted by Gasteiger charge is 2.07. The molecule has 0 bridgehead atoms. The Kier molecular flexibility index (Phi) is 9.06. The van der Waals surface area contributed by atoms with Crippen LogP contribution in [-0.2, 0) is 6.54 Å². The normalized spacial score (nSPS) is 10.7. The maximum atomic E-state index is 5.52. The highest BCUT2D eigenvalue weighted by Crippen LogP contribution is 2.30. The fourth-order valence-electron chi connectivity index (χ4n) is 2.02. The first-order valence-corrected chi connectivity index (χ1v) is 7.65. The van der Waals surface area contributed by atoms with Gasteiger partial charge in [0.15, 0.2) is 17.5 Å². The molecule has 0 spiro atoms. The van der Waals surface area contributed by atoms with Gasteiger partial charge in [-0.25, -0.2) is 4.99 Å². The first kappa shape index (κ1) is 20.1. The lowest BCUT2D eigenvalue weighted by atomic mass is 10.2. The standard InChI is InChI=1S/C17H23N3O3.HI/c1-4-18-17(19-12-14-7-6-10-23-14)20-13-8-9-15(22-5-2)16(11-13)21-3;/h6-11H,4-5,12H2,1-3H3,(H2,18,19,20);1H. The molecule has 0 fully saturated rings. The molecule has 0 unspecified atom stereocenters. The number of guanidine groups is 1. The third-order valence-corrected chi connectivity index (χ3v) is 3.04. The molecule has 6 nitrogen and oxygen atoms in total. The molecular weight excluding hydrogens is 421 g/mol. The van der Waals surface area contributed by atoms with Crippen molar-refractivity contribution in [3.05, 3.63) is 42.4 Å². The van der Waals surface area contributed by atoms with Gasteiger partial charge in [0, 0.05) is 18.3 Å². The molecule has 1 heterocycles. The Balaban J connectivity index is 0.00000288. The number of aliphatic imine (C=N–C) groups is 1. The minimum atomic E-state index is 0. The zero-order valence-corrected chi connectivity index (χ0v) is 16.5. The van der Waals surface area contributed by atoms with Gasteiger partial charge in [0.1, 0.15) is 12.3 Å². The summed E-state index contributed by atoms with van der Waals surface area (Å²) >= 11 is 0. The molecule has 2 N–H and O–H groups in total. The first-order chi connectivity index (χ1) is 11.3. The molecule has 7 heteroatoms. The molecule has 1 aromatic heterocycles. The van der Waals surface area contributed by atoms with Crippen LogP contribution in [0.2, 0.25) is 0 Å². The summed E-state index contributed by atoms with van der Waals surface area (Å²) in [5.74, 6) is 2.89. The molecule has 24 heavy (non-hydrogen) atoms. The summed E-state index contributed by atoms with van der Waals surface area (Å²) in [6, 6.07) is 9.42. The topological polar surface area (TPSA) is 68.0 Å². The van der Waals surface area contributed by atoms with Crippen LogP contribution in [0.15, 0.2) is 46.0 Å². The quantitative estimate of drug-likeness (QED) is 0.385. The van der Waals surface area contributed by atoms with Gasteiger partial charge in [0.25, 0.3) is 0 Å². The molecule has 2 aromatic rings. The van der Waals surface area contributed by atoms with E-state index < -0.39 is 0 Å². The van der Waals surface area contributed by atoms with E-state index in [1.165, 1.54) is 0 Å². The second-order valence-corrected chi connectivity index (χ2v) is 4.70. The number of rotatable bonds is 7. The summed E-state index contributed by atoms with van der Waals surface area (Å²) in [7, 11) is 1.62. The SMILES string of the molecule is CCNC(=NCc1ccco1)Nc1ccc(OCC)c(OC)c1.I. The van der Waals surface area contributed by atoms with Crippen LogP contribution >= 0.6 is 24.0 Å². The second kappa shape index (κ2) is 10.8. The van der Waals surface area contributed by atoms with Crippen LogP contribution in [0.1, 0.15) is 19.6 Å². The Morgan fingerprint density at radius 3 is 2.67 bits per heavy atom. The average molecular weight is 445 g/mol. The Labute approximate surface area is 159 Å². The molecule has 0 amide bonds. The van der Waals surface area contributed by atoms with E-state index in [2.05, 4.69) is 15.6 Å². The van der Waals surface area contributed by atoms with E-state index in [9.17, 15) is 0 Å². The van der Waals surface area contributed by atoms with Crippen LogP contribution in [0.5, 0.6) is 11.5 Å². The highest BCUT2D eigenvalue weighted by molar-refractivity contribution is 14.0. The van der Waals surface area contributed by atoms with Crippen LogP contribution in [0.4, 0.5) is 5.69 Å². The van der Waals surface area contributed by atoms with Gasteiger partial charge in [0.05, 0.1) is 20.0 Å². The second-order valence-electron chi connectivity index (χ2n) is 4.70. The van der Waals surface area contributed by atoms with Gasteiger partial charge in [-0.2, -0.15) is 0 Å². The van der Waals surface area contributed by atoms with Crippen molar-refractivity contribution < 1.29 is 13.9 Å². The van der Waals surface area contributed by atoms with E-state index >= 15 is 0 Å². The van der Waals surface area contributed by atoms with Gasteiger partial charge in [-0.3, -0.25) is 0 Å². The zero-order valence-electron chi connectivity index (χ0n) is 14.2. The van der Waals surface area contributed by atoms with E-state index in [1.54, 1.807) is 13.4 Å². The maximum absolute atomic E-state index is 5.52. The lowest BCUT2D eigenvalue weighted by molar-refractivity contribution is 0.311. The molecule has 0 radical (unpaired) electrons. The minimum Gasteiger partial charge on any atom is -0.493 e. The Morgan fingerprint density at radius 1 is 1.21 bits per heavy atom. The summed E-state index contributed by atoms with van der Waals surface area (Å²) in [5, 5.41) is 6.44. The zero-order chi connectivity index (χ0) is 16.5. The van der Waals surface area contributed by atoms with Crippen molar-refractivity contribution in [3.63, 3.8) is 0 Å². The molecule has 0 aliphatic carbocycles. The number of nitrogens with zero attached hydrogens (tertiary/aromatic N) is 1. The molecule has 0 atom stereocenters. The first-order valence-electron chi connectivity index (χ1n) is 7.65. The molecule has 0 saturated carbocycles. The van der Waals surface area contributed by atoms with E-state index in [-0.39, 0.29) is 24.0 Å². The van der Waals surface area contributed by atoms with Crippen molar-refractivity contribution in [1.29, 1.82) is 0 Å². The van der Waals surface area contributed by atoms with Crippen molar-refractivity contribution in [2.24, 2.45) is 4.99 Å². The summed E-state index contributed by atoms with van der Waals surface area (Å²) in [6.45, 7) is 5.78. The van der Waals surface area contributed by atoms with Crippen molar-refractivity contribution in [2.45, 2.75) is 20.4 Å². The predicted molar refractivity (Wildman–Crippen MR) is 107 cm³/mol. The number of furan rings is 1. The Morgan fingerprint density at radius 2 is 2.04 bits per heavy atom. The smallest absolute Gasteiger partial charge is 0.196 e. The van der Waals surface area contributed by atoms with Gasteiger partial charge < -0.3 is 24.5 Å². The van der Waals surface area contributed by atoms with Crippen LogP contribution < -0.4 is 20.1 Å². The number of nitrogens with one attached hydrogen (secondary N) is 2. The number of halogens is 1. The number of hydrogen-bond donors (Lipinski definition) is 2. The van der Waals surface area contributed by atoms with Gasteiger partial charge in [-0.1, -0.05) is 0 Å². The van der Waals surface area contributed by atoms with Crippen LogP contribution in [0, 0.1) is 0 Å². The Hall–Kier alpha value is -1.90. The third kappa shape index (κ3) is 5.95.